The van der Waals surface area contributed by atoms with E-state index >= 15 is 0 Å². The summed E-state index contributed by atoms with van der Waals surface area (Å²) in [5.74, 6) is -1.27. The van der Waals surface area contributed by atoms with Gasteiger partial charge in [0, 0.05) is 18.7 Å². The number of rotatable bonds is 5. The predicted molar refractivity (Wildman–Crippen MR) is 54.4 cm³/mol. The predicted octanol–water partition coefficient (Wildman–Crippen LogP) is -2.83. The van der Waals surface area contributed by atoms with Crippen molar-refractivity contribution >= 4 is 5.97 Å². The third-order valence-corrected chi connectivity index (χ3v) is 1.87. The zero-order valence-electron chi connectivity index (χ0n) is 10.1. The van der Waals surface area contributed by atoms with E-state index in [1.54, 1.807) is 6.92 Å². The summed E-state index contributed by atoms with van der Waals surface area (Å²) in [4.78, 5) is 10.6. The van der Waals surface area contributed by atoms with Crippen LogP contribution in [0.2, 0.25) is 0 Å². The van der Waals surface area contributed by atoms with Gasteiger partial charge in [-0.3, -0.25) is 0 Å². The van der Waals surface area contributed by atoms with Crippen molar-refractivity contribution in [1.82, 2.24) is 0 Å². The fourth-order valence-electron chi connectivity index (χ4n) is 1.27. The van der Waals surface area contributed by atoms with Crippen LogP contribution in [0.3, 0.4) is 0 Å². The Hall–Kier alpha value is -0.114. The van der Waals surface area contributed by atoms with E-state index in [2.05, 4.69) is 0 Å². The molecule has 1 rings (SSSR count). The monoisotopic (exact) mass is 264 g/mol. The molecule has 0 saturated heterocycles. The molecule has 0 amide bonds. The van der Waals surface area contributed by atoms with Crippen molar-refractivity contribution in [1.29, 1.82) is 0 Å². The molecule has 0 heterocycles. The average molecular weight is 264 g/mol. The first-order valence-electron chi connectivity index (χ1n) is 4.74. The molecule has 0 radical (unpaired) electrons. The molecule has 88 valence electrons. The first-order valence-corrected chi connectivity index (χ1v) is 4.74. The molecule has 1 N–H and O–H groups in total. The van der Waals surface area contributed by atoms with Crippen molar-refractivity contribution < 1.29 is 75.9 Å². The van der Waals surface area contributed by atoms with Gasteiger partial charge in [-0.1, -0.05) is 0 Å². The van der Waals surface area contributed by atoms with Crippen LogP contribution >= 0.6 is 0 Å². The zero-order chi connectivity index (χ0) is 12.1. The number of carbonyl (C=O) groups excluding carboxylic acids is 1. The van der Waals surface area contributed by atoms with Crippen molar-refractivity contribution in [3.63, 3.8) is 0 Å². The van der Waals surface area contributed by atoms with E-state index in [0.29, 0.717) is 6.61 Å². The second kappa shape index (κ2) is 8.07. The normalized spacial score (nSPS) is 11.4. The standard InChI is InChI=1S/C11H14O5.K/c1-7(6-15-2)16-10-4-8(11(13)14)3-9(12)5-10;/h3-5,7,12H,6H2,1-2H3,(H,13,14);/q;+1/p-1. The average Bonchev–Trinajstić information content (AvgIpc) is 2.16. The molecule has 1 unspecified atom stereocenters. The van der Waals surface area contributed by atoms with Crippen molar-refractivity contribution in [2.24, 2.45) is 0 Å². The maximum Gasteiger partial charge on any atom is 1.00 e. The third-order valence-electron chi connectivity index (χ3n) is 1.87. The van der Waals surface area contributed by atoms with Crippen molar-refractivity contribution in [3.8, 4) is 11.5 Å². The second-order valence-electron chi connectivity index (χ2n) is 3.39. The van der Waals surface area contributed by atoms with Gasteiger partial charge in [-0.2, -0.15) is 0 Å². The van der Waals surface area contributed by atoms with Crippen LogP contribution in [0.15, 0.2) is 18.2 Å². The Bertz CT molecular complexity index is 380. The van der Waals surface area contributed by atoms with Crippen LogP contribution in [0.25, 0.3) is 0 Å². The number of phenolic OH excluding ortho intramolecular Hbond substituents is 1. The molecule has 0 spiro atoms. The maximum absolute atomic E-state index is 10.6. The SMILES string of the molecule is COCC(C)Oc1cc(O)cc(C(=O)[O-])c1.[K+]. The number of carbonyl (C=O) groups is 1. The molecule has 0 bridgehead atoms. The molecule has 0 fully saturated rings. The van der Waals surface area contributed by atoms with Gasteiger partial charge in [-0.05, 0) is 19.1 Å². The third kappa shape index (κ3) is 5.85. The molecule has 0 saturated carbocycles. The minimum Gasteiger partial charge on any atom is -0.545 e. The van der Waals surface area contributed by atoms with Crippen LogP contribution in [-0.2, 0) is 4.74 Å². The summed E-state index contributed by atoms with van der Waals surface area (Å²) in [6.07, 6.45) is -0.235. The number of benzene rings is 1. The summed E-state index contributed by atoms with van der Waals surface area (Å²) in [5, 5.41) is 19.9. The topological polar surface area (TPSA) is 78.8 Å². The van der Waals surface area contributed by atoms with E-state index in [-0.39, 0.29) is 74.6 Å². The molecular formula is C11H13KO5. The molecule has 6 heteroatoms. The summed E-state index contributed by atoms with van der Waals surface area (Å²) in [6, 6.07) is 3.73. The molecule has 17 heavy (non-hydrogen) atoms. The van der Waals surface area contributed by atoms with E-state index < -0.39 is 5.97 Å². The largest absolute Gasteiger partial charge is 1.00 e. The van der Waals surface area contributed by atoms with Gasteiger partial charge in [0.2, 0.25) is 0 Å². The summed E-state index contributed by atoms with van der Waals surface area (Å²) >= 11 is 0. The summed E-state index contributed by atoms with van der Waals surface area (Å²) in [6.45, 7) is 2.14. The van der Waals surface area contributed by atoms with Crippen LogP contribution in [0.1, 0.15) is 17.3 Å². The molecule has 0 aromatic heterocycles. The second-order valence-corrected chi connectivity index (χ2v) is 3.39. The number of methoxy groups -OCH3 is 1. The smallest absolute Gasteiger partial charge is 0.545 e. The van der Waals surface area contributed by atoms with Crippen LogP contribution in [0.4, 0.5) is 0 Å². The zero-order valence-corrected chi connectivity index (χ0v) is 13.2. The summed E-state index contributed by atoms with van der Waals surface area (Å²) in [7, 11) is 1.54. The van der Waals surface area contributed by atoms with E-state index in [0.717, 1.165) is 6.07 Å². The minimum atomic E-state index is -1.36. The number of carboxylic acid groups (broad SMARTS) is 1. The minimum absolute atomic E-state index is 0. The molecular weight excluding hydrogens is 251 g/mol. The Morgan fingerprint density at radius 1 is 1.47 bits per heavy atom. The molecule has 0 aliphatic heterocycles. The van der Waals surface area contributed by atoms with Crippen LogP contribution in [0, 0.1) is 0 Å². The number of carboxylic acids is 1. The van der Waals surface area contributed by atoms with Gasteiger partial charge >= 0.3 is 51.4 Å². The van der Waals surface area contributed by atoms with Gasteiger partial charge in [-0.15, -0.1) is 0 Å². The molecule has 1 aromatic rings. The van der Waals surface area contributed by atoms with Gasteiger partial charge in [-0.25, -0.2) is 0 Å². The number of ether oxygens (including phenoxy) is 2. The van der Waals surface area contributed by atoms with E-state index in [4.69, 9.17) is 9.47 Å². The first kappa shape index (κ1) is 16.9. The molecule has 5 nitrogen and oxygen atoms in total. The number of aromatic carboxylic acids is 1. The Morgan fingerprint density at radius 2 is 2.12 bits per heavy atom. The number of hydrogen-bond acceptors (Lipinski definition) is 5. The van der Waals surface area contributed by atoms with Crippen LogP contribution in [0.5, 0.6) is 11.5 Å². The Balaban J connectivity index is 0.00000256. The first-order chi connectivity index (χ1) is 7.52. The van der Waals surface area contributed by atoms with Crippen molar-refractivity contribution in [2.45, 2.75) is 13.0 Å². The van der Waals surface area contributed by atoms with E-state index in [9.17, 15) is 15.0 Å². The Labute approximate surface area is 142 Å². The number of aromatic hydroxyl groups is 1. The van der Waals surface area contributed by atoms with E-state index in [1.165, 1.54) is 19.2 Å². The fourth-order valence-corrected chi connectivity index (χ4v) is 1.27. The molecule has 0 aliphatic rings. The molecule has 1 aromatic carbocycles. The van der Waals surface area contributed by atoms with Crippen LogP contribution < -0.4 is 61.2 Å². The Kier molecular flexibility index (Phi) is 8.02. The van der Waals surface area contributed by atoms with Crippen molar-refractivity contribution in [2.75, 3.05) is 13.7 Å². The molecule has 0 aliphatic carbocycles. The number of phenols is 1. The van der Waals surface area contributed by atoms with E-state index in [1.807, 2.05) is 0 Å². The van der Waals surface area contributed by atoms with Gasteiger partial charge in [0.05, 0.1) is 12.6 Å². The molecule has 1 atom stereocenters. The summed E-state index contributed by atoms with van der Waals surface area (Å²) < 4.78 is 10.2. The number of hydrogen-bond donors (Lipinski definition) is 1. The van der Waals surface area contributed by atoms with Gasteiger partial charge in [0.1, 0.15) is 17.6 Å². The Morgan fingerprint density at radius 3 is 2.65 bits per heavy atom. The van der Waals surface area contributed by atoms with Gasteiger partial charge in [0.25, 0.3) is 0 Å². The van der Waals surface area contributed by atoms with Crippen LogP contribution in [-0.4, -0.2) is 30.9 Å². The van der Waals surface area contributed by atoms with Gasteiger partial charge < -0.3 is 24.5 Å². The van der Waals surface area contributed by atoms with Crippen molar-refractivity contribution in [3.05, 3.63) is 23.8 Å². The summed E-state index contributed by atoms with van der Waals surface area (Å²) in [5.41, 5.74) is -0.125. The quantitative estimate of drug-likeness (QED) is 0.580. The fraction of sp³-hybridized carbons (Fsp3) is 0.364. The van der Waals surface area contributed by atoms with Gasteiger partial charge in [0.15, 0.2) is 0 Å². The maximum atomic E-state index is 10.6.